The van der Waals surface area contributed by atoms with Crippen LogP contribution in [0.15, 0.2) is 30.3 Å². The summed E-state index contributed by atoms with van der Waals surface area (Å²) in [5.74, 6) is 0.274. The Bertz CT molecular complexity index is 580. The van der Waals surface area contributed by atoms with Crippen molar-refractivity contribution in [2.24, 2.45) is 0 Å². The van der Waals surface area contributed by atoms with Crippen LogP contribution in [0, 0.1) is 0 Å². The quantitative estimate of drug-likeness (QED) is 0.800. The normalized spacial score (nSPS) is 18.0. The van der Waals surface area contributed by atoms with Crippen molar-refractivity contribution in [2.45, 2.75) is 25.8 Å². The summed E-state index contributed by atoms with van der Waals surface area (Å²) in [5, 5.41) is 3.02. The maximum Gasteiger partial charge on any atom is 0.242 e. The first-order valence-corrected chi connectivity index (χ1v) is 9.25. The molecule has 6 heteroatoms. The van der Waals surface area contributed by atoms with E-state index in [2.05, 4.69) is 22.0 Å². The fraction of sp³-hybridized carbons (Fsp3) is 0.579. The van der Waals surface area contributed by atoms with E-state index in [0.29, 0.717) is 32.2 Å². The SMILES string of the molecule is CCN(CC(=O)N1CCN(CC(=O)NC2CC2)CC1)c1ccccc1. The maximum atomic E-state index is 12.6. The number of nitrogens with zero attached hydrogens (tertiary/aromatic N) is 3. The zero-order chi connectivity index (χ0) is 17.6. The standard InChI is InChI=1S/C19H28N4O2/c1-2-22(17-6-4-3-5-7-17)15-19(25)23-12-10-21(11-13-23)14-18(24)20-16-8-9-16/h3-7,16H,2,8-15H2,1H3,(H,20,24). The molecule has 2 fully saturated rings. The van der Waals surface area contributed by atoms with Crippen molar-refractivity contribution >= 4 is 17.5 Å². The predicted molar refractivity (Wildman–Crippen MR) is 98.5 cm³/mol. The summed E-state index contributed by atoms with van der Waals surface area (Å²) in [4.78, 5) is 30.6. The van der Waals surface area contributed by atoms with Crippen LogP contribution in [0.25, 0.3) is 0 Å². The molecule has 0 unspecified atom stereocenters. The molecular weight excluding hydrogens is 316 g/mol. The number of carbonyl (C=O) groups excluding carboxylic acids is 2. The minimum atomic E-state index is 0.114. The molecular formula is C19H28N4O2. The van der Waals surface area contributed by atoms with Crippen molar-refractivity contribution in [1.82, 2.24) is 15.1 Å². The number of nitrogens with one attached hydrogen (secondary N) is 1. The van der Waals surface area contributed by atoms with Gasteiger partial charge in [-0.15, -0.1) is 0 Å². The summed E-state index contributed by atoms with van der Waals surface area (Å²) in [6.07, 6.45) is 2.23. The summed E-state index contributed by atoms with van der Waals surface area (Å²) in [6, 6.07) is 10.5. The molecule has 1 aromatic carbocycles. The molecule has 1 aromatic rings. The van der Waals surface area contributed by atoms with Crippen LogP contribution >= 0.6 is 0 Å². The molecule has 0 aromatic heterocycles. The highest BCUT2D eigenvalue weighted by atomic mass is 16.2. The largest absolute Gasteiger partial charge is 0.362 e. The Morgan fingerprint density at radius 2 is 1.80 bits per heavy atom. The Morgan fingerprint density at radius 3 is 2.40 bits per heavy atom. The van der Waals surface area contributed by atoms with Crippen molar-refractivity contribution in [3.63, 3.8) is 0 Å². The van der Waals surface area contributed by atoms with Gasteiger partial charge in [-0.1, -0.05) is 18.2 Å². The molecule has 136 valence electrons. The number of hydrogen-bond donors (Lipinski definition) is 1. The van der Waals surface area contributed by atoms with Crippen LogP contribution in [-0.2, 0) is 9.59 Å². The van der Waals surface area contributed by atoms with E-state index in [4.69, 9.17) is 0 Å². The third kappa shape index (κ3) is 5.19. The lowest BCUT2D eigenvalue weighted by Gasteiger charge is -2.35. The number of piperazine rings is 1. The average Bonchev–Trinajstić information content (AvgIpc) is 3.44. The van der Waals surface area contributed by atoms with Crippen LogP contribution in [-0.4, -0.2) is 73.5 Å². The predicted octanol–water partition coefficient (Wildman–Crippen LogP) is 0.936. The smallest absolute Gasteiger partial charge is 0.242 e. The Morgan fingerprint density at radius 1 is 1.12 bits per heavy atom. The fourth-order valence-electron chi connectivity index (χ4n) is 3.15. The van der Waals surface area contributed by atoms with E-state index in [0.717, 1.165) is 38.2 Å². The van der Waals surface area contributed by atoms with E-state index in [1.807, 2.05) is 35.2 Å². The van der Waals surface area contributed by atoms with Crippen LogP contribution < -0.4 is 10.2 Å². The third-order valence-corrected chi connectivity index (χ3v) is 4.86. The summed E-state index contributed by atoms with van der Waals surface area (Å²) in [7, 11) is 0. The number of para-hydroxylation sites is 1. The molecule has 1 aliphatic carbocycles. The average molecular weight is 344 g/mol. The molecule has 1 N–H and O–H groups in total. The number of amides is 2. The molecule has 0 radical (unpaired) electrons. The van der Waals surface area contributed by atoms with Gasteiger partial charge in [0.15, 0.2) is 0 Å². The second-order valence-electron chi connectivity index (χ2n) is 6.85. The van der Waals surface area contributed by atoms with Crippen molar-refractivity contribution in [2.75, 3.05) is 50.7 Å². The Balaban J connectivity index is 1.43. The fourth-order valence-corrected chi connectivity index (χ4v) is 3.15. The lowest BCUT2D eigenvalue weighted by Crippen LogP contribution is -2.53. The van der Waals surface area contributed by atoms with Crippen molar-refractivity contribution in [3.05, 3.63) is 30.3 Å². The minimum absolute atomic E-state index is 0.114. The molecule has 3 rings (SSSR count). The summed E-state index contributed by atoms with van der Waals surface area (Å²) in [5.41, 5.74) is 1.08. The van der Waals surface area contributed by atoms with Gasteiger partial charge in [0.25, 0.3) is 0 Å². The lowest BCUT2D eigenvalue weighted by molar-refractivity contribution is -0.131. The Kier molecular flexibility index (Phi) is 5.91. The molecule has 25 heavy (non-hydrogen) atoms. The minimum Gasteiger partial charge on any atom is -0.362 e. The van der Waals surface area contributed by atoms with Crippen LogP contribution in [0.2, 0.25) is 0 Å². The third-order valence-electron chi connectivity index (χ3n) is 4.86. The molecule has 0 bridgehead atoms. The van der Waals surface area contributed by atoms with Gasteiger partial charge >= 0.3 is 0 Å². The van der Waals surface area contributed by atoms with E-state index in [1.165, 1.54) is 0 Å². The van der Waals surface area contributed by atoms with Gasteiger partial charge in [0.1, 0.15) is 0 Å². The molecule has 1 heterocycles. The number of carbonyl (C=O) groups is 2. The second kappa shape index (κ2) is 8.34. The van der Waals surface area contributed by atoms with Crippen molar-refractivity contribution in [1.29, 1.82) is 0 Å². The Labute approximate surface area is 149 Å². The number of anilines is 1. The zero-order valence-corrected chi connectivity index (χ0v) is 15.0. The summed E-state index contributed by atoms with van der Waals surface area (Å²) < 4.78 is 0. The first-order valence-electron chi connectivity index (χ1n) is 9.25. The topological polar surface area (TPSA) is 55.9 Å². The van der Waals surface area contributed by atoms with Gasteiger partial charge in [-0.05, 0) is 31.9 Å². The van der Waals surface area contributed by atoms with Gasteiger partial charge in [-0.25, -0.2) is 0 Å². The monoisotopic (exact) mass is 344 g/mol. The highest BCUT2D eigenvalue weighted by Crippen LogP contribution is 2.18. The van der Waals surface area contributed by atoms with Gasteiger partial charge in [-0.2, -0.15) is 0 Å². The van der Waals surface area contributed by atoms with E-state index in [-0.39, 0.29) is 11.8 Å². The molecule has 1 saturated heterocycles. The molecule has 6 nitrogen and oxygen atoms in total. The zero-order valence-electron chi connectivity index (χ0n) is 15.0. The van der Waals surface area contributed by atoms with Gasteiger partial charge < -0.3 is 15.1 Å². The van der Waals surface area contributed by atoms with Crippen LogP contribution in [0.4, 0.5) is 5.69 Å². The summed E-state index contributed by atoms with van der Waals surface area (Å²) in [6.45, 7) is 6.65. The summed E-state index contributed by atoms with van der Waals surface area (Å²) >= 11 is 0. The van der Waals surface area contributed by atoms with Gasteiger partial charge in [0, 0.05) is 44.5 Å². The molecule has 1 saturated carbocycles. The van der Waals surface area contributed by atoms with Crippen LogP contribution in [0.3, 0.4) is 0 Å². The van der Waals surface area contributed by atoms with Gasteiger partial charge in [0.05, 0.1) is 13.1 Å². The molecule has 1 aliphatic heterocycles. The Hall–Kier alpha value is -2.08. The van der Waals surface area contributed by atoms with E-state index in [1.54, 1.807) is 0 Å². The number of rotatable bonds is 7. The van der Waals surface area contributed by atoms with Gasteiger partial charge in [0.2, 0.25) is 11.8 Å². The van der Waals surface area contributed by atoms with Crippen molar-refractivity contribution in [3.8, 4) is 0 Å². The maximum absolute atomic E-state index is 12.6. The first kappa shape index (κ1) is 17.7. The van der Waals surface area contributed by atoms with Crippen LogP contribution in [0.1, 0.15) is 19.8 Å². The van der Waals surface area contributed by atoms with E-state index in [9.17, 15) is 9.59 Å². The molecule has 0 atom stereocenters. The van der Waals surface area contributed by atoms with E-state index < -0.39 is 0 Å². The highest BCUT2D eigenvalue weighted by molar-refractivity contribution is 5.82. The molecule has 2 amide bonds. The highest BCUT2D eigenvalue weighted by Gasteiger charge is 2.26. The van der Waals surface area contributed by atoms with E-state index >= 15 is 0 Å². The number of hydrogen-bond acceptors (Lipinski definition) is 4. The van der Waals surface area contributed by atoms with Gasteiger partial charge in [-0.3, -0.25) is 14.5 Å². The molecule has 0 spiro atoms. The first-order chi connectivity index (χ1) is 12.2. The lowest BCUT2D eigenvalue weighted by atomic mass is 10.2. The number of benzene rings is 1. The number of likely N-dealkylation sites (N-methyl/N-ethyl adjacent to an activating group) is 1. The second-order valence-corrected chi connectivity index (χ2v) is 6.85. The van der Waals surface area contributed by atoms with Crippen molar-refractivity contribution < 1.29 is 9.59 Å². The van der Waals surface area contributed by atoms with Crippen LogP contribution in [0.5, 0.6) is 0 Å². The molecule has 2 aliphatic rings.